The molecule has 0 aliphatic heterocycles. The SMILES string of the molecule is C=C/C=C(\C=C)CC(=O)N(CC)CCC(CC)CC(C)CCN(C)C(/C=N/C(=C/C)C(=O)N(C)C)=C/C. The Morgan fingerprint density at radius 3 is 2.16 bits per heavy atom. The van der Waals surface area contributed by atoms with Crippen LogP contribution < -0.4 is 0 Å². The molecule has 0 rings (SSSR count). The summed E-state index contributed by atoms with van der Waals surface area (Å²) in [5.41, 5.74) is 2.33. The van der Waals surface area contributed by atoms with E-state index in [0.717, 1.165) is 56.6 Å². The van der Waals surface area contributed by atoms with Crippen molar-refractivity contribution >= 4 is 18.0 Å². The Morgan fingerprint density at radius 1 is 1.00 bits per heavy atom. The second-order valence-electron chi connectivity index (χ2n) is 9.79. The number of aliphatic imine (C=N–C) groups is 1. The molecule has 37 heavy (non-hydrogen) atoms. The van der Waals surface area contributed by atoms with Crippen LogP contribution in [-0.4, -0.2) is 73.5 Å². The summed E-state index contributed by atoms with van der Waals surface area (Å²) < 4.78 is 0. The molecule has 2 atom stereocenters. The van der Waals surface area contributed by atoms with Crippen LogP contribution >= 0.6 is 0 Å². The van der Waals surface area contributed by atoms with Gasteiger partial charge in [-0.3, -0.25) is 9.59 Å². The van der Waals surface area contributed by atoms with Crippen molar-refractivity contribution in [2.45, 2.75) is 66.7 Å². The zero-order chi connectivity index (χ0) is 28.4. The lowest BCUT2D eigenvalue weighted by Gasteiger charge is -2.27. The van der Waals surface area contributed by atoms with E-state index in [1.165, 1.54) is 4.90 Å². The predicted octanol–water partition coefficient (Wildman–Crippen LogP) is 6.25. The summed E-state index contributed by atoms with van der Waals surface area (Å²) in [6.07, 6.45) is 15.5. The molecule has 0 aromatic rings. The molecule has 2 amide bonds. The normalized spacial score (nSPS) is 14.3. The summed E-state index contributed by atoms with van der Waals surface area (Å²) in [6.45, 7) is 20.3. The first-order valence-electron chi connectivity index (χ1n) is 13.6. The fraction of sp³-hybridized carbons (Fsp3) is 0.581. The molecule has 0 radical (unpaired) electrons. The number of hydrogen-bond donors (Lipinski definition) is 0. The summed E-state index contributed by atoms with van der Waals surface area (Å²) in [5.74, 6) is 1.20. The first kappa shape index (κ1) is 34.1. The van der Waals surface area contributed by atoms with Crippen molar-refractivity contribution in [3.63, 3.8) is 0 Å². The largest absolute Gasteiger partial charge is 0.374 e. The van der Waals surface area contributed by atoms with Crippen LogP contribution in [0, 0.1) is 11.8 Å². The molecule has 208 valence electrons. The van der Waals surface area contributed by atoms with Gasteiger partial charge >= 0.3 is 0 Å². The van der Waals surface area contributed by atoms with Gasteiger partial charge in [0.2, 0.25) is 5.91 Å². The second-order valence-corrected chi connectivity index (χ2v) is 9.79. The maximum atomic E-state index is 12.8. The van der Waals surface area contributed by atoms with Gasteiger partial charge in [-0.05, 0) is 57.4 Å². The lowest BCUT2D eigenvalue weighted by Crippen LogP contribution is -2.33. The van der Waals surface area contributed by atoms with E-state index in [1.807, 2.05) is 37.8 Å². The molecular formula is C31H52N4O2. The number of hydrogen-bond acceptors (Lipinski definition) is 4. The molecule has 2 unspecified atom stereocenters. The minimum atomic E-state index is -0.103. The average Bonchev–Trinajstić information content (AvgIpc) is 2.88. The van der Waals surface area contributed by atoms with Crippen LogP contribution in [0.2, 0.25) is 0 Å². The number of rotatable bonds is 18. The molecule has 0 aromatic heterocycles. The third kappa shape index (κ3) is 13.3. The standard InChI is InChI=1S/C31H52N4O2/c1-11-17-26(12-2)23-30(36)35(16-6)21-19-27(13-3)22-25(7)18-20-34(10)28(14-4)24-32-29(15-5)31(37)33(8)9/h11-12,14-15,17,24-25,27H,1-2,13,16,18-23H2,3-10H3/b26-17+,28-14+,29-15+,32-24+. The van der Waals surface area contributed by atoms with Gasteiger partial charge in [0.15, 0.2) is 0 Å². The Bertz CT molecular complexity index is 851. The van der Waals surface area contributed by atoms with E-state index < -0.39 is 0 Å². The van der Waals surface area contributed by atoms with Crippen molar-refractivity contribution in [1.82, 2.24) is 14.7 Å². The molecule has 0 saturated heterocycles. The quantitative estimate of drug-likeness (QED) is 0.124. The Kier molecular flexibility index (Phi) is 17.7. The summed E-state index contributed by atoms with van der Waals surface area (Å²) in [5, 5.41) is 0. The Morgan fingerprint density at radius 2 is 1.68 bits per heavy atom. The van der Waals surface area contributed by atoms with Crippen LogP contribution in [0.15, 0.2) is 65.5 Å². The topological polar surface area (TPSA) is 56.2 Å². The molecule has 6 nitrogen and oxygen atoms in total. The monoisotopic (exact) mass is 512 g/mol. The minimum Gasteiger partial charge on any atom is -0.374 e. The zero-order valence-electron chi connectivity index (χ0n) is 24.8. The second kappa shape index (κ2) is 19.3. The Labute approximate surface area is 227 Å². The number of carbonyl (C=O) groups excluding carboxylic acids is 2. The van der Waals surface area contributed by atoms with E-state index in [4.69, 9.17) is 0 Å². The van der Waals surface area contributed by atoms with Crippen molar-refractivity contribution in [3.8, 4) is 0 Å². The molecule has 0 aliphatic rings. The zero-order valence-corrected chi connectivity index (χ0v) is 24.8. The molecule has 0 aliphatic carbocycles. The van der Waals surface area contributed by atoms with Crippen LogP contribution in [0.25, 0.3) is 0 Å². The third-order valence-corrected chi connectivity index (χ3v) is 6.73. The average molecular weight is 513 g/mol. The van der Waals surface area contributed by atoms with E-state index in [2.05, 4.69) is 43.9 Å². The molecule has 0 spiro atoms. The molecule has 0 saturated carbocycles. The van der Waals surface area contributed by atoms with Crippen LogP contribution in [-0.2, 0) is 9.59 Å². The van der Waals surface area contributed by atoms with Crippen molar-refractivity contribution in [2.75, 3.05) is 40.8 Å². The van der Waals surface area contributed by atoms with Crippen LogP contribution in [0.4, 0.5) is 0 Å². The van der Waals surface area contributed by atoms with E-state index in [1.54, 1.807) is 38.5 Å². The van der Waals surface area contributed by atoms with Gasteiger partial charge in [0.1, 0.15) is 5.70 Å². The van der Waals surface area contributed by atoms with Gasteiger partial charge in [-0.2, -0.15) is 0 Å². The van der Waals surface area contributed by atoms with Gasteiger partial charge in [-0.15, -0.1) is 0 Å². The first-order valence-corrected chi connectivity index (χ1v) is 13.6. The van der Waals surface area contributed by atoms with Crippen molar-refractivity contribution < 1.29 is 9.59 Å². The van der Waals surface area contributed by atoms with E-state index in [9.17, 15) is 9.59 Å². The van der Waals surface area contributed by atoms with E-state index in [-0.39, 0.29) is 11.8 Å². The van der Waals surface area contributed by atoms with Gasteiger partial charge in [-0.25, -0.2) is 4.99 Å². The smallest absolute Gasteiger partial charge is 0.271 e. The van der Waals surface area contributed by atoms with Gasteiger partial charge in [0.05, 0.1) is 18.3 Å². The molecule has 0 heterocycles. The first-order chi connectivity index (χ1) is 17.6. The van der Waals surface area contributed by atoms with Gasteiger partial charge < -0.3 is 14.7 Å². The highest BCUT2D eigenvalue weighted by atomic mass is 16.2. The van der Waals surface area contributed by atoms with Gasteiger partial charge in [0, 0.05) is 40.8 Å². The molecule has 0 N–H and O–H groups in total. The minimum absolute atomic E-state index is 0.103. The van der Waals surface area contributed by atoms with Crippen molar-refractivity contribution in [3.05, 3.63) is 60.5 Å². The number of likely N-dealkylation sites (N-methyl/N-ethyl adjacent to an activating group) is 1. The maximum absolute atomic E-state index is 12.8. The molecule has 0 bridgehead atoms. The van der Waals surface area contributed by atoms with Crippen LogP contribution in [0.1, 0.15) is 66.7 Å². The highest BCUT2D eigenvalue weighted by Gasteiger charge is 2.17. The van der Waals surface area contributed by atoms with Gasteiger partial charge in [0.25, 0.3) is 5.91 Å². The summed E-state index contributed by atoms with van der Waals surface area (Å²) in [4.78, 5) is 35.1. The molecule has 0 fully saturated rings. The number of allylic oxidation sites excluding steroid dienone is 6. The summed E-state index contributed by atoms with van der Waals surface area (Å²) >= 11 is 0. The fourth-order valence-electron chi connectivity index (χ4n) is 4.16. The highest BCUT2D eigenvalue weighted by Crippen LogP contribution is 2.23. The summed E-state index contributed by atoms with van der Waals surface area (Å²) in [6, 6.07) is 0. The van der Waals surface area contributed by atoms with E-state index >= 15 is 0 Å². The predicted molar refractivity (Wildman–Crippen MR) is 159 cm³/mol. The molecule has 0 aromatic carbocycles. The number of nitrogens with zero attached hydrogens (tertiary/aromatic N) is 4. The Hall–Kier alpha value is -2.89. The van der Waals surface area contributed by atoms with Crippen LogP contribution in [0.3, 0.4) is 0 Å². The number of carbonyl (C=O) groups is 2. The maximum Gasteiger partial charge on any atom is 0.271 e. The van der Waals surface area contributed by atoms with Crippen molar-refractivity contribution in [1.29, 1.82) is 0 Å². The molecule has 6 heteroatoms. The van der Waals surface area contributed by atoms with Crippen LogP contribution in [0.5, 0.6) is 0 Å². The summed E-state index contributed by atoms with van der Waals surface area (Å²) in [7, 11) is 5.53. The fourth-order valence-corrected chi connectivity index (χ4v) is 4.16. The third-order valence-electron chi connectivity index (χ3n) is 6.73. The lowest BCUT2D eigenvalue weighted by molar-refractivity contribution is -0.130. The van der Waals surface area contributed by atoms with Crippen molar-refractivity contribution in [2.24, 2.45) is 16.8 Å². The van der Waals surface area contributed by atoms with E-state index in [0.29, 0.717) is 24.0 Å². The number of amides is 2. The lowest BCUT2D eigenvalue weighted by atomic mass is 9.89. The Balaban J connectivity index is 4.87. The van der Waals surface area contributed by atoms with Gasteiger partial charge in [-0.1, -0.05) is 63.8 Å². The molecular weight excluding hydrogens is 460 g/mol. The highest BCUT2D eigenvalue weighted by molar-refractivity contribution is 5.95.